The van der Waals surface area contributed by atoms with Gasteiger partial charge >= 0.3 is 18.1 Å². The minimum Gasteiger partial charge on any atom is -0.495 e. The number of anilines is 1. The van der Waals surface area contributed by atoms with Gasteiger partial charge in [0, 0.05) is 5.39 Å². The third-order valence-electron chi connectivity index (χ3n) is 3.36. The molecule has 0 N–H and O–H groups in total. The molecule has 0 saturated carbocycles. The first-order valence-electron chi connectivity index (χ1n) is 6.80. The Labute approximate surface area is 135 Å². The number of esters is 1. The average Bonchev–Trinajstić information content (AvgIpc) is 2.57. The fourth-order valence-electron chi connectivity index (χ4n) is 2.28. The second kappa shape index (κ2) is 6.77. The predicted molar refractivity (Wildman–Crippen MR) is 80.9 cm³/mol. The molecule has 0 aliphatic heterocycles. The Kier molecular flexibility index (Phi) is 4.96. The van der Waals surface area contributed by atoms with E-state index in [1.807, 2.05) is 0 Å². The topological polar surface area (TPSA) is 55.8 Å². The molecule has 1 amide bonds. The van der Waals surface area contributed by atoms with Gasteiger partial charge in [0.05, 0.1) is 19.9 Å². The minimum atomic E-state index is -5.16. The van der Waals surface area contributed by atoms with Crippen molar-refractivity contribution in [2.45, 2.75) is 6.18 Å². The number of ether oxygens (including phenoxy) is 2. The highest BCUT2D eigenvalue weighted by Crippen LogP contribution is 2.38. The number of benzene rings is 2. The van der Waals surface area contributed by atoms with Crippen LogP contribution < -0.4 is 9.64 Å². The Morgan fingerprint density at radius 2 is 1.75 bits per heavy atom. The number of carbonyl (C=O) groups excluding carboxylic acids is 2. The number of amides is 1. The fourth-order valence-corrected chi connectivity index (χ4v) is 2.28. The Hall–Kier alpha value is -2.77. The molecule has 128 valence electrons. The molecule has 0 aromatic heterocycles. The van der Waals surface area contributed by atoms with Crippen LogP contribution in [0.25, 0.3) is 10.8 Å². The monoisotopic (exact) mass is 341 g/mol. The number of nitrogens with zero attached hydrogens (tertiary/aromatic N) is 1. The van der Waals surface area contributed by atoms with Crippen molar-refractivity contribution in [2.75, 3.05) is 25.7 Å². The zero-order valence-corrected chi connectivity index (χ0v) is 12.9. The van der Waals surface area contributed by atoms with Crippen molar-refractivity contribution in [3.05, 3.63) is 36.4 Å². The second-order valence-corrected chi connectivity index (χ2v) is 4.80. The number of rotatable bonds is 4. The van der Waals surface area contributed by atoms with Crippen molar-refractivity contribution in [1.82, 2.24) is 0 Å². The summed E-state index contributed by atoms with van der Waals surface area (Å²) in [4.78, 5) is 23.7. The summed E-state index contributed by atoms with van der Waals surface area (Å²) in [5.74, 6) is -3.12. The number of carbonyl (C=O) groups is 2. The summed E-state index contributed by atoms with van der Waals surface area (Å²) in [6.07, 6.45) is -5.16. The molecule has 0 atom stereocenters. The van der Waals surface area contributed by atoms with Gasteiger partial charge in [0.1, 0.15) is 12.3 Å². The molecular formula is C16H14F3NO4. The van der Waals surface area contributed by atoms with E-state index >= 15 is 0 Å². The molecule has 0 spiro atoms. The number of fused-ring (bicyclic) bond motifs is 1. The Morgan fingerprint density at radius 1 is 1.08 bits per heavy atom. The van der Waals surface area contributed by atoms with E-state index < -0.39 is 24.6 Å². The van der Waals surface area contributed by atoms with E-state index in [9.17, 15) is 22.8 Å². The third kappa shape index (κ3) is 3.42. The standard InChI is InChI=1S/C16H14F3NO4/c1-23-12-8-7-10-5-3-4-6-11(10)14(12)20(9-13(21)24-2)15(22)16(17,18)19/h3-8H,9H2,1-2H3. The van der Waals surface area contributed by atoms with Gasteiger partial charge in [0.25, 0.3) is 0 Å². The van der Waals surface area contributed by atoms with Gasteiger partial charge in [-0.25, -0.2) is 0 Å². The van der Waals surface area contributed by atoms with Gasteiger partial charge in [-0.05, 0) is 11.5 Å². The largest absolute Gasteiger partial charge is 0.495 e. The zero-order chi connectivity index (χ0) is 17.9. The molecule has 8 heteroatoms. The number of hydrogen-bond acceptors (Lipinski definition) is 4. The first kappa shape index (κ1) is 17.6. The molecule has 0 heterocycles. The van der Waals surface area contributed by atoms with Crippen LogP contribution in [0.15, 0.2) is 36.4 Å². The van der Waals surface area contributed by atoms with Crippen LogP contribution in [0, 0.1) is 0 Å². The summed E-state index contributed by atoms with van der Waals surface area (Å²) < 4.78 is 48.5. The Balaban J connectivity index is 2.70. The first-order chi connectivity index (χ1) is 11.3. The first-order valence-corrected chi connectivity index (χ1v) is 6.80. The maximum absolute atomic E-state index is 13.0. The maximum atomic E-state index is 13.0. The summed E-state index contributed by atoms with van der Waals surface area (Å²) in [5, 5.41) is 0.941. The SMILES string of the molecule is COC(=O)CN(C(=O)C(F)(F)F)c1c(OC)ccc2ccccc12. The van der Waals surface area contributed by atoms with Gasteiger partial charge in [-0.3, -0.25) is 14.5 Å². The molecule has 0 unspecified atom stereocenters. The van der Waals surface area contributed by atoms with Crippen LogP contribution in [-0.4, -0.2) is 38.8 Å². The molecule has 24 heavy (non-hydrogen) atoms. The van der Waals surface area contributed by atoms with E-state index in [1.54, 1.807) is 30.3 Å². The molecule has 0 saturated heterocycles. The fraction of sp³-hybridized carbons (Fsp3) is 0.250. The molecule has 0 aliphatic carbocycles. The number of halogens is 3. The Bertz CT molecular complexity index is 773. The molecule has 0 aliphatic rings. The van der Waals surface area contributed by atoms with Crippen molar-refractivity contribution in [3.63, 3.8) is 0 Å². The normalized spacial score (nSPS) is 11.2. The summed E-state index contributed by atoms with van der Waals surface area (Å²) in [6.45, 7) is -0.890. The molecule has 2 aromatic carbocycles. The smallest absolute Gasteiger partial charge is 0.471 e. The van der Waals surface area contributed by atoms with Crippen molar-refractivity contribution >= 4 is 28.3 Å². The molecule has 5 nitrogen and oxygen atoms in total. The molecular weight excluding hydrogens is 327 g/mol. The average molecular weight is 341 g/mol. The number of hydrogen-bond donors (Lipinski definition) is 0. The summed E-state index contributed by atoms with van der Waals surface area (Å²) in [5.41, 5.74) is -0.136. The van der Waals surface area contributed by atoms with Crippen LogP contribution in [0.2, 0.25) is 0 Å². The molecule has 0 bridgehead atoms. The van der Waals surface area contributed by atoms with Crippen LogP contribution >= 0.6 is 0 Å². The van der Waals surface area contributed by atoms with E-state index in [-0.39, 0.29) is 11.4 Å². The van der Waals surface area contributed by atoms with Gasteiger partial charge < -0.3 is 9.47 Å². The Morgan fingerprint density at radius 3 is 2.33 bits per heavy atom. The quantitative estimate of drug-likeness (QED) is 0.803. The van der Waals surface area contributed by atoms with Gasteiger partial charge in [-0.1, -0.05) is 30.3 Å². The van der Waals surface area contributed by atoms with Crippen molar-refractivity contribution in [2.24, 2.45) is 0 Å². The van der Waals surface area contributed by atoms with Crippen molar-refractivity contribution < 1.29 is 32.2 Å². The highest BCUT2D eigenvalue weighted by molar-refractivity contribution is 6.09. The highest BCUT2D eigenvalue weighted by Gasteiger charge is 2.44. The lowest BCUT2D eigenvalue weighted by Crippen LogP contribution is -2.44. The lowest BCUT2D eigenvalue weighted by molar-refractivity contribution is -0.171. The van der Waals surface area contributed by atoms with E-state index in [2.05, 4.69) is 4.74 Å². The number of alkyl halides is 3. The summed E-state index contributed by atoms with van der Waals surface area (Å²) in [7, 11) is 2.29. The lowest BCUT2D eigenvalue weighted by atomic mass is 10.1. The van der Waals surface area contributed by atoms with Crippen LogP contribution in [0.1, 0.15) is 0 Å². The summed E-state index contributed by atoms with van der Waals surface area (Å²) >= 11 is 0. The molecule has 0 radical (unpaired) electrons. The van der Waals surface area contributed by atoms with Gasteiger partial charge in [0.2, 0.25) is 0 Å². The maximum Gasteiger partial charge on any atom is 0.471 e. The van der Waals surface area contributed by atoms with Crippen molar-refractivity contribution in [1.29, 1.82) is 0 Å². The zero-order valence-electron chi connectivity index (χ0n) is 12.9. The van der Waals surface area contributed by atoms with Crippen molar-refractivity contribution in [3.8, 4) is 5.75 Å². The second-order valence-electron chi connectivity index (χ2n) is 4.80. The lowest BCUT2D eigenvalue weighted by Gasteiger charge is -2.25. The third-order valence-corrected chi connectivity index (χ3v) is 3.36. The summed E-state index contributed by atoms with van der Waals surface area (Å²) in [6, 6.07) is 9.61. The van der Waals surface area contributed by atoms with E-state index in [4.69, 9.17) is 4.74 Å². The molecule has 2 rings (SSSR count). The minimum absolute atomic E-state index is 0.0372. The van der Waals surface area contributed by atoms with Gasteiger partial charge in [-0.2, -0.15) is 13.2 Å². The van der Waals surface area contributed by atoms with Crippen LogP contribution in [0.4, 0.5) is 18.9 Å². The van der Waals surface area contributed by atoms with Crippen LogP contribution in [0.3, 0.4) is 0 Å². The molecule has 2 aromatic rings. The van der Waals surface area contributed by atoms with E-state index in [0.717, 1.165) is 7.11 Å². The number of methoxy groups -OCH3 is 2. The van der Waals surface area contributed by atoms with Crippen LogP contribution in [0.5, 0.6) is 5.75 Å². The van der Waals surface area contributed by atoms with E-state index in [0.29, 0.717) is 15.7 Å². The molecule has 0 fully saturated rings. The van der Waals surface area contributed by atoms with Gasteiger partial charge in [0.15, 0.2) is 0 Å². The van der Waals surface area contributed by atoms with E-state index in [1.165, 1.54) is 13.2 Å². The predicted octanol–water partition coefficient (Wildman–Crippen LogP) is 2.92. The van der Waals surface area contributed by atoms with Gasteiger partial charge in [-0.15, -0.1) is 0 Å². The van der Waals surface area contributed by atoms with Crippen LogP contribution in [-0.2, 0) is 14.3 Å². The highest BCUT2D eigenvalue weighted by atomic mass is 19.4.